The van der Waals surface area contributed by atoms with Crippen LogP contribution >= 0.6 is 11.6 Å². The first-order valence-electron chi connectivity index (χ1n) is 8.29. The standard InChI is InChI=1S/C21H18ClN3O3/c1-26-18-8-13(9-19(27-2)20(18)28-3)15-10-17(25-21(24)16(15)11-23)12-4-6-14(22)7-5-12/h4-10H,1-3H3,(H2,24,25). The molecule has 7 heteroatoms. The molecule has 2 aromatic carbocycles. The minimum absolute atomic E-state index is 0.138. The fourth-order valence-electron chi connectivity index (χ4n) is 2.92. The third-order valence-corrected chi connectivity index (χ3v) is 4.53. The molecule has 0 bridgehead atoms. The van der Waals surface area contributed by atoms with E-state index >= 15 is 0 Å². The highest BCUT2D eigenvalue weighted by Gasteiger charge is 2.19. The number of benzene rings is 2. The second-order valence-electron chi connectivity index (χ2n) is 5.85. The summed E-state index contributed by atoms with van der Waals surface area (Å²) in [7, 11) is 4.60. The van der Waals surface area contributed by atoms with Gasteiger partial charge in [-0.15, -0.1) is 0 Å². The zero-order valence-electron chi connectivity index (χ0n) is 15.6. The Labute approximate surface area is 168 Å². The number of anilines is 1. The van der Waals surface area contributed by atoms with Crippen LogP contribution in [0, 0.1) is 11.3 Å². The molecule has 3 rings (SSSR count). The van der Waals surface area contributed by atoms with Crippen LogP contribution in [0.4, 0.5) is 5.82 Å². The zero-order valence-corrected chi connectivity index (χ0v) is 16.4. The van der Waals surface area contributed by atoms with Gasteiger partial charge in [0.1, 0.15) is 17.5 Å². The molecule has 6 nitrogen and oxygen atoms in total. The van der Waals surface area contributed by atoms with Gasteiger partial charge in [0.15, 0.2) is 11.5 Å². The average molecular weight is 396 g/mol. The maximum atomic E-state index is 9.64. The Morgan fingerprint density at radius 3 is 2.04 bits per heavy atom. The van der Waals surface area contributed by atoms with Crippen molar-refractivity contribution >= 4 is 17.4 Å². The van der Waals surface area contributed by atoms with Gasteiger partial charge in [0.25, 0.3) is 0 Å². The highest BCUT2D eigenvalue weighted by atomic mass is 35.5. The van der Waals surface area contributed by atoms with Crippen LogP contribution in [0.1, 0.15) is 5.56 Å². The molecule has 1 heterocycles. The number of aromatic nitrogens is 1. The molecular formula is C21H18ClN3O3. The summed E-state index contributed by atoms with van der Waals surface area (Å²) >= 11 is 5.97. The van der Waals surface area contributed by atoms with Crippen molar-refractivity contribution in [3.63, 3.8) is 0 Å². The summed E-state index contributed by atoms with van der Waals surface area (Å²) in [6.45, 7) is 0. The average Bonchev–Trinajstić information content (AvgIpc) is 2.72. The van der Waals surface area contributed by atoms with E-state index < -0.39 is 0 Å². The Kier molecular flexibility index (Phi) is 5.57. The molecule has 0 amide bonds. The lowest BCUT2D eigenvalue weighted by Crippen LogP contribution is -2.01. The molecule has 0 saturated carbocycles. The van der Waals surface area contributed by atoms with Crippen molar-refractivity contribution in [3.05, 3.63) is 53.1 Å². The third-order valence-electron chi connectivity index (χ3n) is 4.27. The zero-order chi connectivity index (χ0) is 20.3. The van der Waals surface area contributed by atoms with Crippen LogP contribution in [0.25, 0.3) is 22.4 Å². The molecule has 0 aliphatic heterocycles. The van der Waals surface area contributed by atoms with E-state index in [4.69, 9.17) is 31.5 Å². The second kappa shape index (κ2) is 8.07. The number of halogens is 1. The lowest BCUT2D eigenvalue weighted by Gasteiger charge is -2.16. The Morgan fingerprint density at radius 2 is 1.54 bits per heavy atom. The van der Waals surface area contributed by atoms with Gasteiger partial charge in [0, 0.05) is 16.1 Å². The summed E-state index contributed by atoms with van der Waals surface area (Å²) in [6.07, 6.45) is 0. The summed E-state index contributed by atoms with van der Waals surface area (Å²) < 4.78 is 16.2. The number of nitrogen functional groups attached to an aromatic ring is 1. The molecule has 0 radical (unpaired) electrons. The molecular weight excluding hydrogens is 378 g/mol. The quantitative estimate of drug-likeness (QED) is 0.681. The van der Waals surface area contributed by atoms with Crippen LogP contribution in [0.2, 0.25) is 5.02 Å². The van der Waals surface area contributed by atoms with E-state index in [1.54, 1.807) is 30.3 Å². The minimum Gasteiger partial charge on any atom is -0.493 e. The van der Waals surface area contributed by atoms with Gasteiger partial charge in [-0.3, -0.25) is 0 Å². The smallest absolute Gasteiger partial charge is 0.203 e. The van der Waals surface area contributed by atoms with Crippen molar-refractivity contribution in [2.75, 3.05) is 27.1 Å². The second-order valence-corrected chi connectivity index (χ2v) is 6.28. The van der Waals surface area contributed by atoms with E-state index in [1.807, 2.05) is 12.1 Å². The van der Waals surface area contributed by atoms with Crippen LogP contribution in [0.15, 0.2) is 42.5 Å². The first kappa shape index (κ1) is 19.3. The van der Waals surface area contributed by atoms with Crippen molar-refractivity contribution in [1.29, 1.82) is 5.26 Å². The van der Waals surface area contributed by atoms with E-state index in [-0.39, 0.29) is 11.4 Å². The molecule has 0 aliphatic rings. The van der Waals surface area contributed by atoms with Crippen LogP contribution in [0.5, 0.6) is 17.2 Å². The fraction of sp³-hybridized carbons (Fsp3) is 0.143. The van der Waals surface area contributed by atoms with Gasteiger partial charge >= 0.3 is 0 Å². The van der Waals surface area contributed by atoms with Gasteiger partial charge in [-0.05, 0) is 35.9 Å². The maximum Gasteiger partial charge on any atom is 0.203 e. The SMILES string of the molecule is COc1cc(-c2cc(-c3ccc(Cl)cc3)nc(N)c2C#N)cc(OC)c1OC. The maximum absolute atomic E-state index is 9.64. The highest BCUT2D eigenvalue weighted by Crippen LogP contribution is 2.42. The predicted molar refractivity (Wildman–Crippen MR) is 109 cm³/mol. The lowest BCUT2D eigenvalue weighted by molar-refractivity contribution is 0.324. The number of nitrogens with two attached hydrogens (primary N) is 1. The van der Waals surface area contributed by atoms with E-state index in [9.17, 15) is 5.26 Å². The van der Waals surface area contributed by atoms with Gasteiger partial charge in [0.2, 0.25) is 5.75 Å². The highest BCUT2D eigenvalue weighted by molar-refractivity contribution is 6.30. The van der Waals surface area contributed by atoms with Crippen LogP contribution < -0.4 is 19.9 Å². The number of pyridine rings is 1. The number of nitriles is 1. The van der Waals surface area contributed by atoms with E-state index in [0.717, 1.165) is 5.56 Å². The van der Waals surface area contributed by atoms with Crippen molar-refractivity contribution < 1.29 is 14.2 Å². The van der Waals surface area contributed by atoms with Crippen LogP contribution in [-0.2, 0) is 0 Å². The molecule has 2 N–H and O–H groups in total. The molecule has 0 spiro atoms. The molecule has 0 saturated heterocycles. The van der Waals surface area contributed by atoms with E-state index in [1.165, 1.54) is 21.3 Å². The molecule has 28 heavy (non-hydrogen) atoms. The van der Waals surface area contributed by atoms with Crippen molar-refractivity contribution in [2.45, 2.75) is 0 Å². The predicted octanol–water partition coefficient (Wildman–Crippen LogP) is 4.55. The number of ether oxygens (including phenoxy) is 3. The third kappa shape index (κ3) is 3.53. The lowest BCUT2D eigenvalue weighted by atomic mass is 9.97. The summed E-state index contributed by atoms with van der Waals surface area (Å²) in [5, 5.41) is 10.3. The van der Waals surface area contributed by atoms with Crippen molar-refractivity contribution in [1.82, 2.24) is 4.98 Å². The Hall–Kier alpha value is -3.43. The molecule has 3 aromatic rings. The molecule has 0 aliphatic carbocycles. The normalized spacial score (nSPS) is 10.2. The first-order valence-corrected chi connectivity index (χ1v) is 8.67. The Bertz CT molecular complexity index is 1030. The van der Waals surface area contributed by atoms with Gasteiger partial charge in [-0.1, -0.05) is 23.7 Å². The number of methoxy groups -OCH3 is 3. The Balaban J connectivity index is 2.26. The number of nitrogens with zero attached hydrogens (tertiary/aromatic N) is 2. The largest absolute Gasteiger partial charge is 0.493 e. The summed E-state index contributed by atoms with van der Waals surface area (Å²) in [5.74, 6) is 1.55. The molecule has 0 unspecified atom stereocenters. The summed E-state index contributed by atoms with van der Waals surface area (Å²) in [4.78, 5) is 4.37. The van der Waals surface area contributed by atoms with Crippen LogP contribution in [0.3, 0.4) is 0 Å². The van der Waals surface area contributed by atoms with Gasteiger partial charge < -0.3 is 19.9 Å². The van der Waals surface area contributed by atoms with Crippen molar-refractivity contribution in [2.24, 2.45) is 0 Å². The van der Waals surface area contributed by atoms with Gasteiger partial charge in [-0.25, -0.2) is 4.98 Å². The Morgan fingerprint density at radius 1 is 0.929 bits per heavy atom. The fourth-order valence-corrected chi connectivity index (χ4v) is 3.04. The molecule has 1 aromatic heterocycles. The summed E-state index contributed by atoms with van der Waals surface area (Å²) in [5.41, 5.74) is 9.11. The topological polar surface area (TPSA) is 90.4 Å². The summed E-state index contributed by atoms with van der Waals surface area (Å²) in [6, 6.07) is 14.7. The van der Waals surface area contributed by atoms with Crippen LogP contribution in [-0.4, -0.2) is 26.3 Å². The number of hydrogen-bond acceptors (Lipinski definition) is 6. The minimum atomic E-state index is 0.138. The van der Waals surface area contributed by atoms with Crippen molar-refractivity contribution in [3.8, 4) is 45.7 Å². The number of rotatable bonds is 5. The number of hydrogen-bond donors (Lipinski definition) is 1. The van der Waals surface area contributed by atoms with E-state index in [0.29, 0.717) is 39.1 Å². The molecule has 142 valence electrons. The molecule has 0 atom stereocenters. The molecule has 0 fully saturated rings. The van der Waals surface area contributed by atoms with Gasteiger partial charge in [0.05, 0.1) is 27.0 Å². The van der Waals surface area contributed by atoms with Gasteiger partial charge in [-0.2, -0.15) is 5.26 Å². The monoisotopic (exact) mass is 395 g/mol. The van der Waals surface area contributed by atoms with E-state index in [2.05, 4.69) is 11.1 Å². The first-order chi connectivity index (χ1) is 13.5.